The highest BCUT2D eigenvalue weighted by Gasteiger charge is 2.31. The van der Waals surface area contributed by atoms with Crippen LogP contribution in [0.1, 0.15) is 18.9 Å². The highest BCUT2D eigenvalue weighted by atomic mass is 16.4. The molecule has 4 nitrogen and oxygen atoms in total. The molecule has 0 unspecified atom stereocenters. The summed E-state index contributed by atoms with van der Waals surface area (Å²) in [5, 5.41) is 10.8. The first-order chi connectivity index (χ1) is 8.13. The van der Waals surface area contributed by atoms with Crippen LogP contribution < -0.4 is 10.0 Å². The first-order valence-electron chi connectivity index (χ1n) is 5.72. The molecule has 0 spiro atoms. The summed E-state index contributed by atoms with van der Waals surface area (Å²) < 4.78 is 0. The van der Waals surface area contributed by atoms with Crippen molar-refractivity contribution in [3.05, 3.63) is 29.8 Å². The van der Waals surface area contributed by atoms with Crippen LogP contribution in [0.5, 0.6) is 0 Å². The van der Waals surface area contributed by atoms with Crippen LogP contribution in [0.4, 0.5) is 5.69 Å². The number of aryl methyl sites for hydroxylation is 1. The summed E-state index contributed by atoms with van der Waals surface area (Å²) >= 11 is 0. The number of hydrogen-bond acceptors (Lipinski definition) is 3. The number of benzene rings is 1. The summed E-state index contributed by atoms with van der Waals surface area (Å²) in [6, 6.07) is 7.58. The maximum absolute atomic E-state index is 11.8. The summed E-state index contributed by atoms with van der Waals surface area (Å²) in [4.78, 5) is 24.1. The van der Waals surface area contributed by atoms with Gasteiger partial charge in [-0.15, -0.1) is 0 Å². The van der Waals surface area contributed by atoms with Gasteiger partial charge in [0.05, 0.1) is 0 Å². The maximum Gasteiger partial charge on any atom is 0.227 e. The lowest BCUT2D eigenvalue weighted by Crippen LogP contribution is -2.33. The van der Waals surface area contributed by atoms with Crippen molar-refractivity contribution in [2.75, 3.05) is 11.4 Å². The van der Waals surface area contributed by atoms with Gasteiger partial charge in [0.15, 0.2) is 0 Å². The van der Waals surface area contributed by atoms with Crippen molar-refractivity contribution in [1.82, 2.24) is 0 Å². The highest BCUT2D eigenvalue weighted by Crippen LogP contribution is 2.28. The third kappa shape index (κ3) is 2.16. The lowest BCUT2D eigenvalue weighted by Gasteiger charge is -2.20. The number of amides is 1. The molecule has 1 saturated heterocycles. The van der Waals surface area contributed by atoms with Gasteiger partial charge in [0.25, 0.3) is 0 Å². The second-order valence-corrected chi connectivity index (χ2v) is 4.21. The fraction of sp³-hybridized carbons (Fsp3) is 0.385. The van der Waals surface area contributed by atoms with E-state index in [-0.39, 0.29) is 18.9 Å². The van der Waals surface area contributed by atoms with Gasteiger partial charge >= 0.3 is 0 Å². The molecule has 1 aromatic rings. The molecular weight excluding hydrogens is 218 g/mol. The van der Waals surface area contributed by atoms with E-state index >= 15 is 0 Å². The van der Waals surface area contributed by atoms with Crippen LogP contribution in [0, 0.1) is 5.92 Å². The third-order valence-corrected chi connectivity index (χ3v) is 3.12. The Morgan fingerprint density at radius 3 is 2.76 bits per heavy atom. The van der Waals surface area contributed by atoms with Crippen LogP contribution in [0.15, 0.2) is 24.3 Å². The molecule has 0 radical (unpaired) electrons. The number of rotatable bonds is 3. The fourth-order valence-electron chi connectivity index (χ4n) is 2.17. The van der Waals surface area contributed by atoms with Crippen molar-refractivity contribution in [2.24, 2.45) is 5.92 Å². The predicted octanol–water partition coefficient (Wildman–Crippen LogP) is 0.352. The Balaban J connectivity index is 2.29. The van der Waals surface area contributed by atoms with Gasteiger partial charge in [-0.2, -0.15) is 0 Å². The standard InChI is InChI=1S/C13H15NO3/c1-2-9-5-3-4-6-11(9)14-8-10(13(16)17)7-12(14)15/h3-6,10H,2,7-8H2,1H3,(H,16,17)/p-1/t10-/m0/s1. The zero-order valence-corrected chi connectivity index (χ0v) is 9.68. The minimum Gasteiger partial charge on any atom is -0.550 e. The van der Waals surface area contributed by atoms with Crippen molar-refractivity contribution >= 4 is 17.6 Å². The molecule has 1 aliphatic rings. The molecule has 1 amide bonds. The second kappa shape index (κ2) is 4.57. The Kier molecular flexibility index (Phi) is 3.13. The third-order valence-electron chi connectivity index (χ3n) is 3.12. The van der Waals surface area contributed by atoms with E-state index in [0.29, 0.717) is 0 Å². The van der Waals surface area contributed by atoms with E-state index in [9.17, 15) is 14.7 Å². The Bertz CT molecular complexity index is 456. The summed E-state index contributed by atoms with van der Waals surface area (Å²) in [5.74, 6) is -1.97. The van der Waals surface area contributed by atoms with E-state index in [1.165, 1.54) is 0 Å². The molecular formula is C13H14NO3-. The van der Waals surface area contributed by atoms with Crippen molar-refractivity contribution in [1.29, 1.82) is 0 Å². The van der Waals surface area contributed by atoms with Crippen LogP contribution in [-0.4, -0.2) is 18.4 Å². The molecule has 0 bridgehead atoms. The van der Waals surface area contributed by atoms with E-state index in [2.05, 4.69) is 0 Å². The van der Waals surface area contributed by atoms with E-state index in [1.54, 1.807) is 4.90 Å². The van der Waals surface area contributed by atoms with Crippen LogP contribution in [0.25, 0.3) is 0 Å². The monoisotopic (exact) mass is 232 g/mol. The van der Waals surface area contributed by atoms with E-state index in [1.807, 2.05) is 31.2 Å². The number of hydrogen-bond donors (Lipinski definition) is 0. The lowest BCUT2D eigenvalue weighted by molar-refractivity contribution is -0.310. The van der Waals surface area contributed by atoms with Gasteiger partial charge in [-0.05, 0) is 18.1 Å². The number of aliphatic carboxylic acids is 1. The largest absolute Gasteiger partial charge is 0.550 e. The summed E-state index contributed by atoms with van der Waals surface area (Å²) in [5.41, 5.74) is 1.88. The SMILES string of the molecule is CCc1ccccc1N1C[C@@H](C(=O)[O-])CC1=O. The molecule has 2 rings (SSSR count). The molecule has 1 fully saturated rings. The van der Waals surface area contributed by atoms with Crippen LogP contribution in [0.3, 0.4) is 0 Å². The Morgan fingerprint density at radius 1 is 1.47 bits per heavy atom. The smallest absolute Gasteiger partial charge is 0.227 e. The molecule has 0 N–H and O–H groups in total. The Labute approximate surface area is 99.9 Å². The van der Waals surface area contributed by atoms with Crippen molar-refractivity contribution in [3.8, 4) is 0 Å². The molecule has 0 aliphatic carbocycles. The van der Waals surface area contributed by atoms with Gasteiger partial charge in [0.1, 0.15) is 0 Å². The summed E-state index contributed by atoms with van der Waals surface area (Å²) in [7, 11) is 0. The highest BCUT2D eigenvalue weighted by molar-refractivity contribution is 5.99. The summed E-state index contributed by atoms with van der Waals surface area (Å²) in [6.07, 6.45) is 0.857. The number of carboxylic acids is 1. The zero-order chi connectivity index (χ0) is 12.4. The molecule has 1 heterocycles. The first kappa shape index (κ1) is 11.6. The molecule has 17 heavy (non-hydrogen) atoms. The molecule has 0 saturated carbocycles. The topological polar surface area (TPSA) is 60.4 Å². The number of anilines is 1. The van der Waals surface area contributed by atoms with Crippen LogP contribution >= 0.6 is 0 Å². The number of carboxylic acid groups (broad SMARTS) is 1. The minimum atomic E-state index is -1.14. The number of carbonyl (C=O) groups excluding carboxylic acids is 2. The number of para-hydroxylation sites is 1. The lowest BCUT2D eigenvalue weighted by atomic mass is 10.1. The van der Waals surface area contributed by atoms with Crippen LogP contribution in [0.2, 0.25) is 0 Å². The second-order valence-electron chi connectivity index (χ2n) is 4.21. The predicted molar refractivity (Wildman–Crippen MR) is 61.3 cm³/mol. The van der Waals surface area contributed by atoms with Gasteiger partial charge in [-0.3, -0.25) is 4.79 Å². The molecule has 0 aromatic heterocycles. The zero-order valence-electron chi connectivity index (χ0n) is 9.68. The Hall–Kier alpha value is -1.84. The molecule has 1 aliphatic heterocycles. The quantitative estimate of drug-likeness (QED) is 0.755. The van der Waals surface area contributed by atoms with E-state index in [0.717, 1.165) is 17.7 Å². The number of nitrogens with zero attached hydrogens (tertiary/aromatic N) is 1. The molecule has 90 valence electrons. The fourth-order valence-corrected chi connectivity index (χ4v) is 2.17. The molecule has 4 heteroatoms. The van der Waals surface area contributed by atoms with Gasteiger partial charge in [0, 0.05) is 30.5 Å². The average Bonchev–Trinajstić information content (AvgIpc) is 2.71. The van der Waals surface area contributed by atoms with Crippen molar-refractivity contribution in [2.45, 2.75) is 19.8 Å². The van der Waals surface area contributed by atoms with Gasteiger partial charge < -0.3 is 14.8 Å². The first-order valence-corrected chi connectivity index (χ1v) is 5.72. The summed E-state index contributed by atoms with van der Waals surface area (Å²) in [6.45, 7) is 2.23. The minimum absolute atomic E-state index is 0.0420. The molecule has 1 atom stereocenters. The van der Waals surface area contributed by atoms with Gasteiger partial charge in [0.2, 0.25) is 5.91 Å². The van der Waals surface area contributed by atoms with E-state index < -0.39 is 11.9 Å². The van der Waals surface area contributed by atoms with Crippen molar-refractivity contribution in [3.63, 3.8) is 0 Å². The maximum atomic E-state index is 11.8. The normalized spacial score (nSPS) is 19.7. The Morgan fingerprint density at radius 2 is 2.18 bits per heavy atom. The average molecular weight is 232 g/mol. The van der Waals surface area contributed by atoms with Crippen molar-refractivity contribution < 1.29 is 14.7 Å². The van der Waals surface area contributed by atoms with Gasteiger partial charge in [-0.25, -0.2) is 0 Å². The van der Waals surface area contributed by atoms with Crippen LogP contribution in [-0.2, 0) is 16.0 Å². The number of carbonyl (C=O) groups is 2. The van der Waals surface area contributed by atoms with Gasteiger partial charge in [-0.1, -0.05) is 25.1 Å². The van der Waals surface area contributed by atoms with E-state index in [4.69, 9.17) is 0 Å². The molecule has 1 aromatic carbocycles.